The van der Waals surface area contributed by atoms with E-state index in [-0.39, 0.29) is 17.7 Å². The second-order valence-corrected chi connectivity index (χ2v) is 11.1. The van der Waals surface area contributed by atoms with Crippen LogP contribution in [0.5, 0.6) is 0 Å². The van der Waals surface area contributed by atoms with E-state index in [1.54, 1.807) is 11.8 Å². The highest BCUT2D eigenvalue weighted by Crippen LogP contribution is 2.47. The molecule has 0 amide bonds. The van der Waals surface area contributed by atoms with Crippen LogP contribution in [0.3, 0.4) is 0 Å². The molecule has 1 heterocycles. The Morgan fingerprint density at radius 3 is 2.62 bits per heavy atom. The summed E-state index contributed by atoms with van der Waals surface area (Å²) in [5.74, 6) is 0.979. The fraction of sp³-hybridized carbons (Fsp3) is 0.333. The molecule has 7 heteroatoms. The van der Waals surface area contributed by atoms with Gasteiger partial charge >= 0.3 is 5.97 Å². The van der Waals surface area contributed by atoms with Crippen LogP contribution in [0.1, 0.15) is 49.7 Å². The quantitative estimate of drug-likeness (QED) is 0.299. The second-order valence-electron chi connectivity index (χ2n) is 8.42. The maximum Gasteiger partial charge on any atom is 0.336 e. The van der Waals surface area contributed by atoms with Gasteiger partial charge < -0.3 is 10.1 Å². The standard InChI is InChI=1S/C27H27BrClNO3S/c1-3-34-13-12-33-27(32)24-16(2)30-22-14-18(17-8-10-19(29)11-9-17)15-23(31)26(22)25(24)20-6-4-5-7-21(20)28/h4-11,18,25,30H,3,12-15H2,1-2H3/t18-,25+/m0/s1. The number of halogens is 2. The zero-order valence-electron chi connectivity index (χ0n) is 19.2. The number of dihydropyridines is 1. The minimum Gasteiger partial charge on any atom is -0.461 e. The molecule has 2 aliphatic rings. The molecule has 2 aromatic carbocycles. The number of allylic oxidation sites excluding steroid dienone is 3. The van der Waals surface area contributed by atoms with Gasteiger partial charge in [-0.3, -0.25) is 4.79 Å². The average molecular weight is 561 g/mol. The van der Waals surface area contributed by atoms with Gasteiger partial charge in [0.2, 0.25) is 0 Å². The first-order chi connectivity index (χ1) is 16.4. The van der Waals surface area contributed by atoms with E-state index >= 15 is 0 Å². The summed E-state index contributed by atoms with van der Waals surface area (Å²) in [5, 5.41) is 4.08. The lowest BCUT2D eigenvalue weighted by Gasteiger charge is -2.37. The first-order valence-corrected chi connectivity index (χ1v) is 13.7. The average Bonchev–Trinajstić information content (AvgIpc) is 2.81. The zero-order chi connectivity index (χ0) is 24.2. The Kier molecular flexibility index (Phi) is 8.22. The van der Waals surface area contributed by atoms with E-state index < -0.39 is 5.92 Å². The van der Waals surface area contributed by atoms with Gasteiger partial charge in [0, 0.05) is 44.6 Å². The Balaban J connectivity index is 1.72. The van der Waals surface area contributed by atoms with Gasteiger partial charge in [0.15, 0.2) is 5.78 Å². The van der Waals surface area contributed by atoms with Gasteiger partial charge in [-0.1, -0.05) is 64.8 Å². The molecule has 1 aliphatic carbocycles. The highest BCUT2D eigenvalue weighted by atomic mass is 79.9. The van der Waals surface area contributed by atoms with E-state index in [9.17, 15) is 9.59 Å². The monoisotopic (exact) mass is 559 g/mol. The van der Waals surface area contributed by atoms with Crippen molar-refractivity contribution in [1.82, 2.24) is 5.32 Å². The molecule has 1 aliphatic heterocycles. The van der Waals surface area contributed by atoms with Crippen molar-refractivity contribution in [1.29, 1.82) is 0 Å². The fourth-order valence-corrected chi connectivity index (χ4v) is 5.85. The van der Waals surface area contributed by atoms with Crippen molar-refractivity contribution >= 4 is 51.0 Å². The van der Waals surface area contributed by atoms with Crippen LogP contribution in [-0.2, 0) is 14.3 Å². The number of thioether (sulfide) groups is 1. The number of carbonyl (C=O) groups is 2. The van der Waals surface area contributed by atoms with Gasteiger partial charge in [0.25, 0.3) is 0 Å². The third-order valence-corrected chi connectivity index (χ3v) is 8.11. The van der Waals surface area contributed by atoms with Crippen LogP contribution in [0.2, 0.25) is 5.02 Å². The fourth-order valence-electron chi connectivity index (χ4n) is 4.72. The van der Waals surface area contributed by atoms with E-state index in [4.69, 9.17) is 16.3 Å². The lowest BCUT2D eigenvalue weighted by Crippen LogP contribution is -2.36. The third kappa shape index (κ3) is 5.29. The maximum absolute atomic E-state index is 13.6. The molecule has 0 unspecified atom stereocenters. The molecule has 0 spiro atoms. The molecule has 4 nitrogen and oxygen atoms in total. The Labute approximate surface area is 218 Å². The molecular formula is C27H27BrClNO3S. The van der Waals surface area contributed by atoms with Crippen molar-refractivity contribution in [2.75, 3.05) is 18.1 Å². The van der Waals surface area contributed by atoms with Crippen molar-refractivity contribution in [3.05, 3.63) is 91.7 Å². The molecule has 2 aromatic rings. The first-order valence-electron chi connectivity index (χ1n) is 11.4. The van der Waals surface area contributed by atoms with Crippen LogP contribution in [0.25, 0.3) is 0 Å². The van der Waals surface area contributed by atoms with Gasteiger partial charge in [-0.2, -0.15) is 11.8 Å². The van der Waals surface area contributed by atoms with E-state index in [1.165, 1.54) is 0 Å². The molecular weight excluding hydrogens is 534 g/mol. The summed E-state index contributed by atoms with van der Waals surface area (Å²) in [4.78, 5) is 26.9. The molecule has 0 fully saturated rings. The van der Waals surface area contributed by atoms with Crippen LogP contribution in [0.15, 0.2) is 75.5 Å². The van der Waals surface area contributed by atoms with E-state index in [2.05, 4.69) is 28.2 Å². The molecule has 0 bridgehead atoms. The minimum absolute atomic E-state index is 0.0498. The summed E-state index contributed by atoms with van der Waals surface area (Å²) in [6.07, 6.45) is 1.08. The summed E-state index contributed by atoms with van der Waals surface area (Å²) < 4.78 is 6.50. The van der Waals surface area contributed by atoms with Gasteiger partial charge in [-0.25, -0.2) is 4.79 Å². The number of hydrogen-bond acceptors (Lipinski definition) is 5. The molecule has 0 saturated carbocycles. The largest absolute Gasteiger partial charge is 0.461 e. The third-order valence-electron chi connectivity index (χ3n) is 6.27. The Morgan fingerprint density at radius 1 is 1.18 bits per heavy atom. The normalized spacial score (nSPS) is 20.2. The number of ketones is 1. The first kappa shape index (κ1) is 25.1. The lowest BCUT2D eigenvalue weighted by molar-refractivity contribution is -0.138. The molecule has 2 atom stereocenters. The van der Waals surface area contributed by atoms with Gasteiger partial charge in [0.05, 0.1) is 5.57 Å². The topological polar surface area (TPSA) is 55.4 Å². The predicted molar refractivity (Wildman–Crippen MR) is 142 cm³/mol. The number of nitrogens with one attached hydrogen (secondary N) is 1. The molecule has 0 saturated heterocycles. The van der Waals surface area contributed by atoms with E-state index in [0.717, 1.165) is 38.5 Å². The number of Topliss-reactive ketones (excluding diaryl/α,β-unsaturated/α-hetero) is 1. The van der Waals surface area contributed by atoms with Gasteiger partial charge in [0.1, 0.15) is 6.61 Å². The molecule has 0 aromatic heterocycles. The van der Waals surface area contributed by atoms with E-state index in [1.807, 2.05) is 55.5 Å². The highest BCUT2D eigenvalue weighted by Gasteiger charge is 2.42. The number of hydrogen-bond donors (Lipinski definition) is 1. The second kappa shape index (κ2) is 11.1. The number of carbonyl (C=O) groups excluding carboxylic acids is 2. The van der Waals surface area contributed by atoms with Crippen molar-refractivity contribution in [3.8, 4) is 0 Å². The molecule has 34 heavy (non-hydrogen) atoms. The predicted octanol–water partition coefficient (Wildman–Crippen LogP) is 6.76. The SMILES string of the molecule is CCSCCOC(=O)C1=C(C)NC2=C(C(=O)C[C@@H](c3ccc(Cl)cc3)C2)[C@@H]1c1ccccc1Br. The molecule has 178 valence electrons. The zero-order valence-corrected chi connectivity index (χ0v) is 22.4. The Morgan fingerprint density at radius 2 is 1.91 bits per heavy atom. The maximum atomic E-state index is 13.6. The van der Waals surface area contributed by atoms with Gasteiger partial charge in [-0.15, -0.1) is 0 Å². The van der Waals surface area contributed by atoms with Crippen LogP contribution in [0.4, 0.5) is 0 Å². The van der Waals surface area contributed by atoms with E-state index in [0.29, 0.717) is 35.6 Å². The summed E-state index contributed by atoms with van der Waals surface area (Å²) >= 11 is 11.4. The molecule has 1 N–H and O–H groups in total. The van der Waals surface area contributed by atoms with Crippen molar-refractivity contribution in [2.45, 2.75) is 38.5 Å². The summed E-state index contributed by atoms with van der Waals surface area (Å²) in [5.41, 5.74) is 4.76. The van der Waals surface area contributed by atoms with Gasteiger partial charge in [-0.05, 0) is 54.3 Å². The molecule has 0 radical (unpaired) electrons. The Bertz CT molecular complexity index is 1160. The smallest absolute Gasteiger partial charge is 0.336 e. The lowest BCUT2D eigenvalue weighted by atomic mass is 9.72. The van der Waals surface area contributed by atoms with Crippen LogP contribution in [-0.4, -0.2) is 29.9 Å². The van der Waals surface area contributed by atoms with Crippen molar-refractivity contribution < 1.29 is 14.3 Å². The number of esters is 1. The van der Waals surface area contributed by atoms with Crippen LogP contribution < -0.4 is 5.32 Å². The van der Waals surface area contributed by atoms with Crippen molar-refractivity contribution in [2.24, 2.45) is 0 Å². The highest BCUT2D eigenvalue weighted by molar-refractivity contribution is 9.10. The summed E-state index contributed by atoms with van der Waals surface area (Å²) in [7, 11) is 0. The summed E-state index contributed by atoms with van der Waals surface area (Å²) in [6.45, 7) is 4.31. The number of benzene rings is 2. The number of rotatable bonds is 7. The number of ether oxygens (including phenoxy) is 1. The summed E-state index contributed by atoms with van der Waals surface area (Å²) in [6, 6.07) is 15.5. The van der Waals surface area contributed by atoms with Crippen LogP contribution >= 0.6 is 39.3 Å². The van der Waals surface area contributed by atoms with Crippen molar-refractivity contribution in [3.63, 3.8) is 0 Å². The van der Waals surface area contributed by atoms with Crippen LogP contribution in [0, 0.1) is 0 Å². The molecule has 4 rings (SSSR count). The Hall–Kier alpha value is -2.02. The minimum atomic E-state index is -0.475.